The third kappa shape index (κ3) is 10.3. The maximum atomic E-state index is 12.0. The smallest absolute Gasteiger partial charge is 0.214 e. The van der Waals surface area contributed by atoms with E-state index in [-0.39, 0.29) is 0 Å². The van der Waals surface area contributed by atoms with Crippen molar-refractivity contribution >= 4 is 10.0 Å². The fourth-order valence-electron chi connectivity index (χ4n) is 2.04. The second-order valence-corrected chi connectivity index (χ2v) is 7.18. The number of rotatable bonds is 13. The summed E-state index contributed by atoms with van der Waals surface area (Å²) in [4.78, 5) is 0. The van der Waals surface area contributed by atoms with Crippen LogP contribution in [0.3, 0.4) is 0 Å². The van der Waals surface area contributed by atoms with Crippen molar-refractivity contribution in [1.82, 2.24) is 4.72 Å². The van der Waals surface area contributed by atoms with E-state index >= 15 is 0 Å². The number of nitriles is 2. The molecule has 0 heterocycles. The fourth-order valence-corrected chi connectivity index (χ4v) is 3.29. The van der Waals surface area contributed by atoms with Crippen LogP contribution in [0, 0.1) is 22.7 Å². The molecule has 0 aromatic carbocycles. The van der Waals surface area contributed by atoms with E-state index in [1.807, 2.05) is 6.07 Å². The second-order valence-electron chi connectivity index (χ2n) is 5.23. The lowest BCUT2D eigenvalue weighted by molar-refractivity contribution is 0.554. The van der Waals surface area contributed by atoms with Crippen LogP contribution in [0.1, 0.15) is 71.1 Å². The van der Waals surface area contributed by atoms with Crippen molar-refractivity contribution in [2.24, 2.45) is 0 Å². The molecule has 0 fully saturated rings. The standard InChI is InChI=1S/C15H27N3O2S/c1-2-3-4-8-11-15(14-17)21(19,20)18-13-10-7-5-6-9-12-16/h15,18H,2-11,13H2,1H3. The minimum absolute atomic E-state index is 0.377. The van der Waals surface area contributed by atoms with Gasteiger partial charge in [0, 0.05) is 13.0 Å². The largest absolute Gasteiger partial charge is 0.227 e. The monoisotopic (exact) mass is 313 g/mol. The molecule has 0 aromatic rings. The van der Waals surface area contributed by atoms with Crippen LogP contribution >= 0.6 is 0 Å². The average molecular weight is 313 g/mol. The van der Waals surface area contributed by atoms with E-state index in [4.69, 9.17) is 10.5 Å². The molecule has 5 nitrogen and oxygen atoms in total. The predicted octanol–water partition coefficient (Wildman–Crippen LogP) is 3.24. The molecule has 0 aromatic heterocycles. The first-order chi connectivity index (χ1) is 10.1. The highest BCUT2D eigenvalue weighted by Crippen LogP contribution is 2.11. The highest BCUT2D eigenvalue weighted by molar-refractivity contribution is 7.90. The first kappa shape index (κ1) is 19.9. The maximum absolute atomic E-state index is 12.0. The van der Waals surface area contributed by atoms with Gasteiger partial charge in [-0.15, -0.1) is 0 Å². The molecule has 0 saturated heterocycles. The average Bonchev–Trinajstić information content (AvgIpc) is 2.46. The van der Waals surface area contributed by atoms with Gasteiger partial charge in [-0.2, -0.15) is 10.5 Å². The Labute approximate surface area is 129 Å². The van der Waals surface area contributed by atoms with E-state index in [0.29, 0.717) is 19.4 Å². The van der Waals surface area contributed by atoms with Gasteiger partial charge < -0.3 is 0 Å². The molecule has 0 rings (SSSR count). The van der Waals surface area contributed by atoms with Crippen LogP contribution in [0.25, 0.3) is 0 Å². The summed E-state index contributed by atoms with van der Waals surface area (Å²) < 4.78 is 26.5. The van der Waals surface area contributed by atoms with Crippen LogP contribution in [0.2, 0.25) is 0 Å². The Hall–Kier alpha value is -1.11. The number of nitrogens with one attached hydrogen (secondary N) is 1. The molecule has 1 atom stereocenters. The van der Waals surface area contributed by atoms with Crippen LogP contribution in [0.4, 0.5) is 0 Å². The molecule has 0 aliphatic heterocycles. The van der Waals surface area contributed by atoms with Crippen LogP contribution < -0.4 is 4.72 Å². The fraction of sp³-hybridized carbons (Fsp3) is 0.867. The highest BCUT2D eigenvalue weighted by Gasteiger charge is 2.23. The van der Waals surface area contributed by atoms with Crippen LogP contribution in [0.5, 0.6) is 0 Å². The molecule has 0 amide bonds. The van der Waals surface area contributed by atoms with Crippen molar-refractivity contribution in [3.05, 3.63) is 0 Å². The topological polar surface area (TPSA) is 93.8 Å². The van der Waals surface area contributed by atoms with E-state index in [1.165, 1.54) is 0 Å². The number of hydrogen-bond acceptors (Lipinski definition) is 4. The summed E-state index contributed by atoms with van der Waals surface area (Å²) in [6, 6.07) is 3.99. The van der Waals surface area contributed by atoms with Crippen LogP contribution in [-0.2, 0) is 10.0 Å². The molecule has 1 unspecified atom stereocenters. The minimum atomic E-state index is -3.52. The van der Waals surface area contributed by atoms with Crippen molar-refractivity contribution < 1.29 is 8.42 Å². The minimum Gasteiger partial charge on any atom is -0.214 e. The van der Waals surface area contributed by atoms with Gasteiger partial charge in [-0.05, 0) is 19.3 Å². The van der Waals surface area contributed by atoms with E-state index < -0.39 is 15.3 Å². The number of nitrogens with zero attached hydrogens (tertiary/aromatic N) is 2. The lowest BCUT2D eigenvalue weighted by Crippen LogP contribution is -2.34. The van der Waals surface area contributed by atoms with Gasteiger partial charge in [0.1, 0.15) is 0 Å². The summed E-state index contributed by atoms with van der Waals surface area (Å²) in [6.07, 6.45) is 8.34. The summed E-state index contributed by atoms with van der Waals surface area (Å²) >= 11 is 0. The van der Waals surface area contributed by atoms with Crippen molar-refractivity contribution in [2.75, 3.05) is 6.54 Å². The van der Waals surface area contributed by atoms with E-state index in [1.54, 1.807) is 0 Å². The molecule has 21 heavy (non-hydrogen) atoms. The molecule has 0 saturated carbocycles. The predicted molar refractivity (Wildman–Crippen MR) is 83.8 cm³/mol. The van der Waals surface area contributed by atoms with Gasteiger partial charge in [0.05, 0.1) is 12.1 Å². The van der Waals surface area contributed by atoms with Gasteiger partial charge in [-0.1, -0.05) is 45.4 Å². The Kier molecular flexibility index (Phi) is 12.0. The summed E-state index contributed by atoms with van der Waals surface area (Å²) in [5.74, 6) is 0. The summed E-state index contributed by atoms with van der Waals surface area (Å²) in [7, 11) is -3.52. The maximum Gasteiger partial charge on any atom is 0.227 e. The molecule has 120 valence electrons. The molecule has 0 radical (unpaired) electrons. The molecule has 0 bridgehead atoms. The molecule has 0 spiro atoms. The zero-order valence-corrected chi connectivity index (χ0v) is 13.8. The van der Waals surface area contributed by atoms with E-state index in [0.717, 1.165) is 51.4 Å². The lowest BCUT2D eigenvalue weighted by atomic mass is 10.1. The molecular formula is C15H27N3O2S. The normalized spacial score (nSPS) is 12.5. The number of sulfonamides is 1. The summed E-state index contributed by atoms with van der Waals surface area (Å²) in [6.45, 7) is 2.47. The van der Waals surface area contributed by atoms with Gasteiger partial charge in [0.15, 0.2) is 5.25 Å². The van der Waals surface area contributed by atoms with E-state index in [2.05, 4.69) is 17.7 Å². The molecule has 0 aliphatic rings. The third-order valence-electron chi connectivity index (χ3n) is 3.36. The van der Waals surface area contributed by atoms with Gasteiger partial charge in [0.2, 0.25) is 10.0 Å². The van der Waals surface area contributed by atoms with Gasteiger partial charge in [-0.25, -0.2) is 13.1 Å². The van der Waals surface area contributed by atoms with Gasteiger partial charge >= 0.3 is 0 Å². The summed E-state index contributed by atoms with van der Waals surface area (Å²) in [5.41, 5.74) is 0. The number of unbranched alkanes of at least 4 members (excludes halogenated alkanes) is 7. The Morgan fingerprint density at radius 3 is 2.29 bits per heavy atom. The quantitative estimate of drug-likeness (QED) is 0.528. The second kappa shape index (κ2) is 12.6. The molecular weight excluding hydrogens is 286 g/mol. The van der Waals surface area contributed by atoms with Crippen LogP contribution in [0.15, 0.2) is 0 Å². The van der Waals surface area contributed by atoms with Crippen LogP contribution in [-0.4, -0.2) is 20.2 Å². The highest BCUT2D eigenvalue weighted by atomic mass is 32.2. The zero-order valence-electron chi connectivity index (χ0n) is 13.0. The molecule has 0 aliphatic carbocycles. The zero-order chi connectivity index (χ0) is 16.0. The first-order valence-corrected chi connectivity index (χ1v) is 9.38. The molecule has 1 N–H and O–H groups in total. The Bertz CT molecular complexity index is 435. The van der Waals surface area contributed by atoms with Gasteiger partial charge in [-0.3, -0.25) is 0 Å². The van der Waals surface area contributed by atoms with Gasteiger partial charge in [0.25, 0.3) is 0 Å². The van der Waals surface area contributed by atoms with Crippen molar-refractivity contribution in [2.45, 2.75) is 76.4 Å². The lowest BCUT2D eigenvalue weighted by Gasteiger charge is -2.11. The van der Waals surface area contributed by atoms with Crippen molar-refractivity contribution in [1.29, 1.82) is 10.5 Å². The first-order valence-electron chi connectivity index (χ1n) is 7.83. The van der Waals surface area contributed by atoms with Crippen molar-refractivity contribution in [3.8, 4) is 12.1 Å². The Morgan fingerprint density at radius 2 is 1.67 bits per heavy atom. The molecule has 6 heteroatoms. The summed E-state index contributed by atoms with van der Waals surface area (Å²) in [5, 5.41) is 16.5. The van der Waals surface area contributed by atoms with Crippen molar-refractivity contribution in [3.63, 3.8) is 0 Å². The third-order valence-corrected chi connectivity index (χ3v) is 5.05. The van der Waals surface area contributed by atoms with E-state index in [9.17, 15) is 8.42 Å². The number of hydrogen-bond donors (Lipinski definition) is 1. The Morgan fingerprint density at radius 1 is 1.00 bits per heavy atom. The Balaban J connectivity index is 3.92. The SMILES string of the molecule is CCCCCCC(C#N)S(=O)(=O)NCCCCCCC#N.